The molecule has 1 heteroatoms. The number of nitrogens with one attached hydrogen (secondary N) is 1. The van der Waals surface area contributed by atoms with Crippen LogP contribution < -0.4 is 5.32 Å². The molecule has 112 valence electrons. The Bertz CT molecular complexity index is 238. The molecule has 0 spiro atoms. The van der Waals surface area contributed by atoms with E-state index in [1.54, 1.807) is 6.42 Å². The Morgan fingerprint density at radius 2 is 1.74 bits per heavy atom. The molecular formula is C18H35N. The van der Waals surface area contributed by atoms with Crippen molar-refractivity contribution in [2.24, 2.45) is 17.8 Å². The molecule has 0 saturated heterocycles. The zero-order valence-electron chi connectivity index (χ0n) is 13.3. The zero-order chi connectivity index (χ0) is 13.5. The van der Waals surface area contributed by atoms with Crippen LogP contribution in [0.3, 0.4) is 0 Å². The van der Waals surface area contributed by atoms with E-state index in [0.29, 0.717) is 0 Å². The Morgan fingerprint density at radius 3 is 2.47 bits per heavy atom. The Labute approximate surface area is 120 Å². The molecule has 0 aliphatic heterocycles. The van der Waals surface area contributed by atoms with Gasteiger partial charge in [0.25, 0.3) is 0 Å². The summed E-state index contributed by atoms with van der Waals surface area (Å²) in [6.45, 7) is 5.75. The number of hydrogen-bond donors (Lipinski definition) is 1. The molecule has 19 heavy (non-hydrogen) atoms. The van der Waals surface area contributed by atoms with Gasteiger partial charge in [0.05, 0.1) is 0 Å². The van der Waals surface area contributed by atoms with E-state index in [4.69, 9.17) is 0 Å². The Kier molecular flexibility index (Phi) is 6.70. The third-order valence-corrected chi connectivity index (χ3v) is 5.73. The standard InChI is InChI=1S/C18H35N/c1-3-5-6-11-18(19-4-2)17-13-12-15-9-7-8-10-16(15)14-17/h15-19H,3-14H2,1-2H3. The molecule has 0 aromatic heterocycles. The van der Waals surface area contributed by atoms with Gasteiger partial charge in [-0.2, -0.15) is 0 Å². The van der Waals surface area contributed by atoms with Gasteiger partial charge in [0.2, 0.25) is 0 Å². The highest BCUT2D eigenvalue weighted by molar-refractivity contribution is 4.88. The van der Waals surface area contributed by atoms with Crippen molar-refractivity contribution in [1.29, 1.82) is 0 Å². The third kappa shape index (κ3) is 4.48. The zero-order valence-corrected chi connectivity index (χ0v) is 13.3. The highest BCUT2D eigenvalue weighted by Gasteiger charge is 2.34. The van der Waals surface area contributed by atoms with Crippen LogP contribution in [0.4, 0.5) is 0 Å². The number of rotatable bonds is 7. The van der Waals surface area contributed by atoms with Crippen molar-refractivity contribution in [2.75, 3.05) is 6.54 Å². The lowest BCUT2D eigenvalue weighted by Gasteiger charge is -2.42. The van der Waals surface area contributed by atoms with E-state index in [-0.39, 0.29) is 0 Å². The first-order valence-electron chi connectivity index (χ1n) is 9.08. The van der Waals surface area contributed by atoms with Crippen LogP contribution >= 0.6 is 0 Å². The molecule has 0 bridgehead atoms. The first-order chi connectivity index (χ1) is 9.35. The minimum Gasteiger partial charge on any atom is -0.314 e. The van der Waals surface area contributed by atoms with Gasteiger partial charge in [-0.25, -0.2) is 0 Å². The third-order valence-electron chi connectivity index (χ3n) is 5.73. The Hall–Kier alpha value is -0.0400. The fraction of sp³-hybridized carbons (Fsp3) is 1.00. The maximum absolute atomic E-state index is 3.81. The van der Waals surface area contributed by atoms with Gasteiger partial charge in [-0.05, 0) is 50.0 Å². The van der Waals surface area contributed by atoms with Gasteiger partial charge in [-0.3, -0.25) is 0 Å². The van der Waals surface area contributed by atoms with Crippen molar-refractivity contribution in [2.45, 2.75) is 90.5 Å². The average molecular weight is 265 g/mol. The summed E-state index contributed by atoms with van der Waals surface area (Å²) < 4.78 is 0. The van der Waals surface area contributed by atoms with Crippen LogP contribution in [0, 0.1) is 17.8 Å². The van der Waals surface area contributed by atoms with Gasteiger partial charge in [-0.15, -0.1) is 0 Å². The molecule has 2 aliphatic rings. The molecule has 2 saturated carbocycles. The molecule has 0 aromatic rings. The van der Waals surface area contributed by atoms with Gasteiger partial charge in [0.1, 0.15) is 0 Å². The van der Waals surface area contributed by atoms with Gasteiger partial charge in [0, 0.05) is 6.04 Å². The van der Waals surface area contributed by atoms with Crippen molar-refractivity contribution in [3.05, 3.63) is 0 Å². The first-order valence-corrected chi connectivity index (χ1v) is 9.08. The van der Waals surface area contributed by atoms with Crippen molar-refractivity contribution >= 4 is 0 Å². The summed E-state index contributed by atoms with van der Waals surface area (Å²) in [5.41, 5.74) is 0. The monoisotopic (exact) mass is 265 g/mol. The maximum Gasteiger partial charge on any atom is 0.00953 e. The molecule has 2 fully saturated rings. The van der Waals surface area contributed by atoms with E-state index in [1.807, 2.05) is 0 Å². The molecule has 4 atom stereocenters. The Morgan fingerprint density at radius 1 is 0.947 bits per heavy atom. The second kappa shape index (κ2) is 8.29. The fourth-order valence-electron chi connectivity index (χ4n) is 4.66. The van der Waals surface area contributed by atoms with Crippen molar-refractivity contribution in [3.8, 4) is 0 Å². The molecule has 2 rings (SSSR count). The minimum atomic E-state index is 0.819. The predicted octanol–water partition coefficient (Wildman–Crippen LogP) is 5.15. The Balaban J connectivity index is 1.82. The summed E-state index contributed by atoms with van der Waals surface area (Å²) in [7, 11) is 0. The van der Waals surface area contributed by atoms with Crippen LogP contribution in [-0.4, -0.2) is 12.6 Å². The van der Waals surface area contributed by atoms with E-state index < -0.39 is 0 Å². The maximum atomic E-state index is 3.81. The molecule has 0 radical (unpaired) electrons. The van der Waals surface area contributed by atoms with Crippen LogP contribution in [0.15, 0.2) is 0 Å². The molecule has 0 aromatic carbocycles. The fourth-order valence-corrected chi connectivity index (χ4v) is 4.66. The van der Waals surface area contributed by atoms with Crippen LogP contribution in [0.1, 0.15) is 84.5 Å². The van der Waals surface area contributed by atoms with Crippen molar-refractivity contribution in [3.63, 3.8) is 0 Å². The second-order valence-corrected chi connectivity index (χ2v) is 7.04. The lowest BCUT2D eigenvalue weighted by Crippen LogP contribution is -2.41. The topological polar surface area (TPSA) is 12.0 Å². The lowest BCUT2D eigenvalue weighted by molar-refractivity contribution is 0.107. The average Bonchev–Trinajstić information content (AvgIpc) is 2.46. The van der Waals surface area contributed by atoms with E-state index in [0.717, 1.165) is 30.3 Å². The highest BCUT2D eigenvalue weighted by atomic mass is 14.9. The molecule has 1 N–H and O–H groups in total. The molecule has 0 heterocycles. The minimum absolute atomic E-state index is 0.819. The first kappa shape index (κ1) is 15.4. The molecule has 1 nitrogen and oxygen atoms in total. The molecule has 2 aliphatic carbocycles. The van der Waals surface area contributed by atoms with Crippen molar-refractivity contribution in [1.82, 2.24) is 5.32 Å². The van der Waals surface area contributed by atoms with Gasteiger partial charge in [0.15, 0.2) is 0 Å². The molecule has 4 unspecified atom stereocenters. The van der Waals surface area contributed by atoms with Crippen LogP contribution in [0.5, 0.6) is 0 Å². The van der Waals surface area contributed by atoms with E-state index in [1.165, 1.54) is 64.2 Å². The van der Waals surface area contributed by atoms with Crippen molar-refractivity contribution < 1.29 is 0 Å². The normalized spacial score (nSPS) is 32.8. The van der Waals surface area contributed by atoms with Crippen LogP contribution in [0.2, 0.25) is 0 Å². The smallest absolute Gasteiger partial charge is 0.00953 e. The van der Waals surface area contributed by atoms with E-state index in [9.17, 15) is 0 Å². The summed E-state index contributed by atoms with van der Waals surface area (Å²) in [4.78, 5) is 0. The largest absolute Gasteiger partial charge is 0.314 e. The highest BCUT2D eigenvalue weighted by Crippen LogP contribution is 2.44. The van der Waals surface area contributed by atoms with Crippen LogP contribution in [-0.2, 0) is 0 Å². The van der Waals surface area contributed by atoms with E-state index >= 15 is 0 Å². The summed E-state index contributed by atoms with van der Waals surface area (Å²) in [6, 6.07) is 0.819. The summed E-state index contributed by atoms with van der Waals surface area (Å²) >= 11 is 0. The van der Waals surface area contributed by atoms with Gasteiger partial charge in [-0.1, -0.05) is 58.8 Å². The second-order valence-electron chi connectivity index (χ2n) is 7.04. The van der Waals surface area contributed by atoms with Gasteiger partial charge < -0.3 is 5.32 Å². The predicted molar refractivity (Wildman–Crippen MR) is 84.4 cm³/mol. The number of hydrogen-bond acceptors (Lipinski definition) is 1. The summed E-state index contributed by atoms with van der Waals surface area (Å²) in [5, 5.41) is 3.81. The lowest BCUT2D eigenvalue weighted by atomic mass is 9.65. The molecule has 0 amide bonds. The van der Waals surface area contributed by atoms with Crippen LogP contribution in [0.25, 0.3) is 0 Å². The summed E-state index contributed by atoms with van der Waals surface area (Å²) in [5.74, 6) is 3.17. The van der Waals surface area contributed by atoms with Gasteiger partial charge >= 0.3 is 0 Å². The number of fused-ring (bicyclic) bond motifs is 1. The summed E-state index contributed by atoms with van der Waals surface area (Å²) in [6.07, 6.45) is 16.3. The quantitative estimate of drug-likeness (QED) is 0.628. The SMILES string of the molecule is CCCCCC(NCC)C1CCC2CCCCC2C1. The number of unbranched alkanes of at least 4 members (excludes halogenated alkanes) is 2. The molecular weight excluding hydrogens is 230 g/mol. The van der Waals surface area contributed by atoms with E-state index in [2.05, 4.69) is 19.2 Å².